The number of hydrogen-bond donors (Lipinski definition) is 0. The maximum atomic E-state index is 5.01. The normalized spacial score (nSPS) is 11.5. The van der Waals surface area contributed by atoms with E-state index in [-0.39, 0.29) is 0 Å². The second kappa shape index (κ2) is 33.2. The number of hydrogen-bond acceptors (Lipinski definition) is 10. The second-order valence-corrected chi connectivity index (χ2v) is 32.4. The van der Waals surface area contributed by atoms with Gasteiger partial charge in [-0.2, -0.15) is 9.97 Å². The van der Waals surface area contributed by atoms with E-state index >= 15 is 0 Å². The van der Waals surface area contributed by atoms with E-state index in [0.717, 1.165) is 122 Å². The molecule has 9 aromatic heterocycles. The molecule has 0 aliphatic heterocycles. The lowest BCUT2D eigenvalue weighted by Crippen LogP contribution is -2.05. The van der Waals surface area contributed by atoms with Crippen LogP contribution < -0.4 is 0 Å². The van der Waals surface area contributed by atoms with Crippen LogP contribution in [0.15, 0.2) is 462 Å². The Bertz CT molecular complexity index is 8610. The number of para-hydroxylation sites is 6. The Morgan fingerprint density at radius 2 is 0.492 bits per heavy atom. The fourth-order valence-electron chi connectivity index (χ4n) is 18.4. The van der Waals surface area contributed by atoms with Crippen LogP contribution in [0.25, 0.3) is 224 Å². The highest BCUT2D eigenvalue weighted by atomic mass is 15.2. The molecule has 0 fully saturated rings. The number of rotatable bonds is 14. The average molecular weight is 1690 g/mol. The number of nitrogens with zero attached hydrogens (tertiary/aromatic N) is 16. The minimum atomic E-state index is 0.590. The Kier molecular flexibility index (Phi) is 19.5. The monoisotopic (exact) mass is 1690 g/mol. The Morgan fingerprint density at radius 1 is 0.174 bits per heavy atom. The molecular weight excluding hydrogens is 1620 g/mol. The third kappa shape index (κ3) is 14.0. The van der Waals surface area contributed by atoms with Crippen molar-refractivity contribution < 1.29 is 0 Å². The highest BCUT2D eigenvalue weighted by molar-refractivity contribution is 6.23. The second-order valence-electron chi connectivity index (χ2n) is 32.4. The largest absolute Gasteiger partial charge is 0.316 e. The summed E-state index contributed by atoms with van der Waals surface area (Å²) < 4.78 is 13.6. The first kappa shape index (κ1) is 77.3. The highest BCUT2D eigenvalue weighted by Crippen LogP contribution is 2.43. The SMILES string of the molecule is c1ccc(-c2nc(-c3ccccc3)nc(-c3ccc(-n4ccc5ccc6c(c7ccccc7n6-c6ccccc6)c54)cc3)n2)cc1.c1ccc(-c2nc(-c3ccccc3)nc(-c3cccc(-n4c5ccccc5c5ccc6c(ncn6-c6ccccc6)c54)c3)n2)cc1.c1ccc(-c2nc(-c3ccccc3)nc(-n3ccc4ccc5c(c6ccccc6n5-c5ccccc5)c43)n2)cc1. The van der Waals surface area contributed by atoms with Gasteiger partial charge in [-0.15, -0.1) is 0 Å². The van der Waals surface area contributed by atoms with Crippen LogP contribution in [-0.2, 0) is 0 Å². The van der Waals surface area contributed by atoms with Gasteiger partial charge in [0.2, 0.25) is 5.95 Å². The van der Waals surface area contributed by atoms with Gasteiger partial charge >= 0.3 is 0 Å². The maximum Gasteiger partial charge on any atom is 0.238 e. The molecule has 0 aliphatic rings. The molecule has 0 saturated heterocycles. The van der Waals surface area contributed by atoms with Gasteiger partial charge in [0.05, 0.1) is 49.7 Å². The summed E-state index contributed by atoms with van der Waals surface area (Å²) in [6.07, 6.45) is 6.15. The van der Waals surface area contributed by atoms with E-state index in [0.29, 0.717) is 52.5 Å². The van der Waals surface area contributed by atoms with Gasteiger partial charge in [0.1, 0.15) is 11.8 Å². The fourth-order valence-corrected chi connectivity index (χ4v) is 18.4. The van der Waals surface area contributed by atoms with Crippen molar-refractivity contribution in [2.45, 2.75) is 0 Å². The zero-order valence-electron chi connectivity index (χ0n) is 71.0. The molecule has 0 atom stereocenters. The van der Waals surface area contributed by atoms with Crippen molar-refractivity contribution in [3.63, 3.8) is 0 Å². The Morgan fingerprint density at radius 3 is 0.924 bits per heavy atom. The molecule has 132 heavy (non-hydrogen) atoms. The molecule has 0 radical (unpaired) electrons. The summed E-state index contributed by atoms with van der Waals surface area (Å²) in [4.78, 5) is 49.4. The lowest BCUT2D eigenvalue weighted by atomic mass is 10.1. The van der Waals surface area contributed by atoms with Crippen LogP contribution in [0.5, 0.6) is 0 Å². The van der Waals surface area contributed by atoms with Gasteiger partial charge in [-0.05, 0) is 127 Å². The number of imidazole rings is 1. The molecule has 0 spiro atoms. The molecule has 0 bridgehead atoms. The molecule has 26 aromatic rings. The molecule has 0 aliphatic carbocycles. The summed E-state index contributed by atoms with van der Waals surface area (Å²) in [6.45, 7) is 0. The number of aromatic nitrogens is 16. The fraction of sp³-hybridized carbons (Fsp3) is 0. The van der Waals surface area contributed by atoms with E-state index in [4.69, 9.17) is 49.8 Å². The predicted molar refractivity (Wildman–Crippen MR) is 534 cm³/mol. The Hall–Kier alpha value is -18.3. The molecule has 16 nitrogen and oxygen atoms in total. The van der Waals surface area contributed by atoms with Crippen LogP contribution in [-0.4, -0.2) is 77.2 Å². The summed E-state index contributed by atoms with van der Waals surface area (Å²) in [5, 5.41) is 9.49. The highest BCUT2D eigenvalue weighted by Gasteiger charge is 2.25. The molecule has 0 amide bonds. The molecule has 620 valence electrons. The predicted octanol–water partition coefficient (Wildman–Crippen LogP) is 27.5. The van der Waals surface area contributed by atoms with Gasteiger partial charge in [-0.3, -0.25) is 9.13 Å². The average Bonchev–Trinajstić information content (AvgIpc) is 1.57. The van der Waals surface area contributed by atoms with E-state index in [9.17, 15) is 0 Å². The molecule has 0 saturated carbocycles. The maximum absolute atomic E-state index is 5.01. The lowest BCUT2D eigenvalue weighted by molar-refractivity contribution is 0.935. The summed E-state index contributed by atoms with van der Waals surface area (Å²) in [6, 6.07) is 152. The first-order valence-electron chi connectivity index (χ1n) is 43.9. The minimum Gasteiger partial charge on any atom is -0.316 e. The molecule has 9 heterocycles. The van der Waals surface area contributed by atoms with Crippen molar-refractivity contribution in [3.05, 3.63) is 462 Å². The van der Waals surface area contributed by atoms with E-state index in [1.165, 1.54) is 48.9 Å². The van der Waals surface area contributed by atoms with Crippen LogP contribution in [0.4, 0.5) is 0 Å². The van der Waals surface area contributed by atoms with Crippen LogP contribution in [0.2, 0.25) is 0 Å². The van der Waals surface area contributed by atoms with Gasteiger partial charge < -0.3 is 18.3 Å². The van der Waals surface area contributed by atoms with E-state index in [1.54, 1.807) is 0 Å². The van der Waals surface area contributed by atoms with Crippen LogP contribution in [0, 0.1) is 0 Å². The third-order valence-corrected chi connectivity index (χ3v) is 24.5. The van der Waals surface area contributed by atoms with E-state index in [1.807, 2.05) is 194 Å². The van der Waals surface area contributed by atoms with Crippen molar-refractivity contribution in [3.8, 4) is 125 Å². The molecule has 26 rings (SSSR count). The summed E-state index contributed by atoms with van der Waals surface area (Å²) in [5.41, 5.74) is 24.1. The van der Waals surface area contributed by atoms with Crippen molar-refractivity contribution >= 4 is 98.3 Å². The zero-order chi connectivity index (χ0) is 87.4. The van der Waals surface area contributed by atoms with Crippen molar-refractivity contribution in [2.24, 2.45) is 0 Å². The first-order chi connectivity index (χ1) is 65.5. The molecule has 0 unspecified atom stereocenters. The summed E-state index contributed by atoms with van der Waals surface area (Å²) >= 11 is 0. The molecule has 0 N–H and O–H groups in total. The van der Waals surface area contributed by atoms with Crippen molar-refractivity contribution in [1.82, 2.24) is 77.2 Å². The van der Waals surface area contributed by atoms with Crippen LogP contribution in [0.3, 0.4) is 0 Å². The van der Waals surface area contributed by atoms with Crippen LogP contribution >= 0.6 is 0 Å². The summed E-state index contributed by atoms with van der Waals surface area (Å²) in [5.74, 6) is 5.73. The third-order valence-electron chi connectivity index (χ3n) is 24.5. The molecule has 16 heteroatoms. The first-order valence-corrected chi connectivity index (χ1v) is 43.9. The topological polar surface area (TPSA) is 158 Å². The van der Waals surface area contributed by atoms with Gasteiger partial charge in [-0.25, -0.2) is 39.9 Å². The van der Waals surface area contributed by atoms with Crippen molar-refractivity contribution in [1.29, 1.82) is 0 Å². The Labute approximate surface area is 757 Å². The van der Waals surface area contributed by atoms with Crippen LogP contribution in [0.1, 0.15) is 0 Å². The lowest BCUT2D eigenvalue weighted by Gasteiger charge is -2.12. The van der Waals surface area contributed by atoms with Gasteiger partial charge in [-0.1, -0.05) is 315 Å². The van der Waals surface area contributed by atoms with E-state index in [2.05, 4.69) is 295 Å². The number of fused-ring (bicyclic) bond motifs is 15. The van der Waals surface area contributed by atoms with Crippen molar-refractivity contribution in [2.75, 3.05) is 0 Å². The minimum absolute atomic E-state index is 0.590. The zero-order valence-corrected chi connectivity index (χ0v) is 71.0. The number of benzene rings is 17. The summed E-state index contributed by atoms with van der Waals surface area (Å²) in [7, 11) is 0. The molecule has 17 aromatic carbocycles. The van der Waals surface area contributed by atoms with Gasteiger partial charge in [0.25, 0.3) is 0 Å². The smallest absolute Gasteiger partial charge is 0.238 e. The van der Waals surface area contributed by atoms with Gasteiger partial charge in [0, 0.05) is 128 Å². The van der Waals surface area contributed by atoms with E-state index < -0.39 is 0 Å². The Balaban J connectivity index is 0.000000110. The quantitative estimate of drug-likeness (QED) is 0.103. The van der Waals surface area contributed by atoms with Gasteiger partial charge in [0.15, 0.2) is 46.6 Å². The standard InChI is InChI=1S/C41H27N5.C40H26N6.C35H23N5/c1-4-12-29(13-5-1)39-42-40(30-14-6-2-7-15-30)44-41(43-39)31-20-23-32(24-21-31)45-27-26-28-22-25-36-37(38(28)45)34-18-10-11-19-35(34)46(36)33-16-8-3-9-17-33;1-4-13-27(14-5-1)38-42-39(28-15-6-2-7-16-28)44-40(43-38)29-17-12-20-31(25-29)46-34-22-11-10-21-32(34)33-23-24-35-36(37(33)46)41-26-45(35)30-18-8-3-9-19-30;1-4-12-25(13-5-1)33-36-34(26-14-6-2-7-15-26)38-35(37-33)39-23-22-24-20-21-30-31(32(24)39)28-18-10-11-19-29(28)40(30)27-16-8-3-9-17-27/h1-27H;1-26H;1-23H. The molecular formula is C116H76N16.